The number of aryl methyl sites for hydroxylation is 1. The van der Waals surface area contributed by atoms with Crippen molar-refractivity contribution < 1.29 is 4.74 Å². The van der Waals surface area contributed by atoms with Gasteiger partial charge in [0.05, 0.1) is 45.1 Å². The number of hydrogen-bond acceptors (Lipinski definition) is 9. The van der Waals surface area contributed by atoms with E-state index in [4.69, 9.17) is 4.74 Å². The molecule has 2 N–H and O–H groups in total. The van der Waals surface area contributed by atoms with Crippen LogP contribution in [0, 0.1) is 6.92 Å². The second-order valence-electron chi connectivity index (χ2n) is 9.59. The van der Waals surface area contributed by atoms with Gasteiger partial charge in [-0.1, -0.05) is 19.9 Å². The van der Waals surface area contributed by atoms with Gasteiger partial charge in [-0.15, -0.1) is 11.3 Å². The van der Waals surface area contributed by atoms with Crippen molar-refractivity contribution in [2.45, 2.75) is 39.7 Å². The van der Waals surface area contributed by atoms with Gasteiger partial charge in [-0.3, -0.25) is 0 Å². The number of nitrogens with one attached hydrogen (secondary N) is 2. The first-order chi connectivity index (χ1) is 18.5. The van der Waals surface area contributed by atoms with E-state index in [1.165, 1.54) is 18.5 Å². The van der Waals surface area contributed by atoms with Crippen LogP contribution in [0.2, 0.25) is 0 Å². The highest BCUT2D eigenvalue weighted by molar-refractivity contribution is 7.18. The number of rotatable bonds is 9. The third-order valence-electron chi connectivity index (χ3n) is 7.44. The lowest BCUT2D eigenvalue weighted by Gasteiger charge is -2.39. The molecule has 0 bridgehead atoms. The van der Waals surface area contributed by atoms with Crippen molar-refractivity contribution in [3.05, 3.63) is 47.7 Å². The Hall–Kier alpha value is -3.43. The van der Waals surface area contributed by atoms with Crippen LogP contribution in [0.3, 0.4) is 0 Å². The molecule has 0 aliphatic carbocycles. The fraction of sp³-hybridized carbons (Fsp3) is 0.414. The molecule has 1 aliphatic heterocycles. The van der Waals surface area contributed by atoms with Gasteiger partial charge < -0.3 is 25.2 Å². The molecule has 2 aromatic heterocycles. The smallest absolute Gasteiger partial charge is 0.144 e. The quantitative estimate of drug-likeness (QED) is 0.266. The fourth-order valence-electron chi connectivity index (χ4n) is 5.43. The zero-order valence-corrected chi connectivity index (χ0v) is 23.7. The molecule has 0 atom stereocenters. The van der Waals surface area contributed by atoms with Gasteiger partial charge in [0.2, 0.25) is 0 Å². The van der Waals surface area contributed by atoms with Crippen LogP contribution < -0.4 is 20.3 Å². The number of ether oxygens (including phenoxy) is 1. The van der Waals surface area contributed by atoms with Crippen LogP contribution in [-0.2, 0) is 0 Å². The summed E-state index contributed by atoms with van der Waals surface area (Å²) in [7, 11) is 3.69. The third-order valence-corrected chi connectivity index (χ3v) is 8.38. The molecule has 1 saturated heterocycles. The Balaban J connectivity index is 1.38. The molecule has 0 unspecified atom stereocenters. The SMILES string of the molecule is CCN(CC)C1CCN(c2cc(OC)c(Nc3cc(-c4ccc5nc(C)sc5c4)ncn3)cc2NC)CC1. The highest BCUT2D eigenvalue weighted by Gasteiger charge is 2.25. The first-order valence-electron chi connectivity index (χ1n) is 13.4. The molecule has 0 saturated carbocycles. The van der Waals surface area contributed by atoms with E-state index >= 15 is 0 Å². The number of anilines is 4. The van der Waals surface area contributed by atoms with E-state index in [0.29, 0.717) is 11.9 Å². The highest BCUT2D eigenvalue weighted by atomic mass is 32.1. The van der Waals surface area contributed by atoms with Crippen LogP contribution in [0.15, 0.2) is 42.7 Å². The van der Waals surface area contributed by atoms with Gasteiger partial charge >= 0.3 is 0 Å². The lowest BCUT2D eigenvalue weighted by atomic mass is 10.0. The largest absolute Gasteiger partial charge is 0.494 e. The molecule has 9 heteroatoms. The fourth-order valence-corrected chi connectivity index (χ4v) is 6.30. The zero-order valence-electron chi connectivity index (χ0n) is 22.9. The molecule has 4 aromatic rings. The first-order valence-corrected chi connectivity index (χ1v) is 14.2. The van der Waals surface area contributed by atoms with Crippen molar-refractivity contribution >= 4 is 44.4 Å². The summed E-state index contributed by atoms with van der Waals surface area (Å²) < 4.78 is 6.99. The maximum Gasteiger partial charge on any atom is 0.144 e. The number of nitrogens with zero attached hydrogens (tertiary/aromatic N) is 5. The molecule has 2 aromatic carbocycles. The third kappa shape index (κ3) is 5.39. The summed E-state index contributed by atoms with van der Waals surface area (Å²) in [6.45, 7) is 10.8. The Morgan fingerprint density at radius 1 is 1.05 bits per heavy atom. The second kappa shape index (κ2) is 11.5. The Bertz CT molecular complexity index is 1390. The van der Waals surface area contributed by atoms with Crippen LogP contribution in [0.25, 0.3) is 21.5 Å². The van der Waals surface area contributed by atoms with E-state index < -0.39 is 0 Å². The van der Waals surface area contributed by atoms with Crippen molar-refractivity contribution in [1.82, 2.24) is 19.9 Å². The molecule has 8 nitrogen and oxygen atoms in total. The summed E-state index contributed by atoms with van der Waals surface area (Å²) in [5, 5.41) is 7.93. The molecule has 1 aliphatic rings. The maximum atomic E-state index is 5.83. The average Bonchev–Trinajstić information content (AvgIpc) is 3.33. The topological polar surface area (TPSA) is 78.4 Å². The summed E-state index contributed by atoms with van der Waals surface area (Å²) in [5.74, 6) is 1.50. The van der Waals surface area contributed by atoms with Crippen molar-refractivity contribution in [2.75, 3.05) is 55.9 Å². The van der Waals surface area contributed by atoms with Gasteiger partial charge in [0.1, 0.15) is 17.9 Å². The van der Waals surface area contributed by atoms with Crippen molar-refractivity contribution in [3.8, 4) is 17.0 Å². The Kier molecular flexibility index (Phi) is 7.95. The van der Waals surface area contributed by atoms with Crippen molar-refractivity contribution in [1.29, 1.82) is 0 Å². The standard InChI is InChI=1S/C29H37N7OS/c1-6-35(7-2)21-10-12-36(13-11-21)26-17-27(37-5)25(15-24(26)30-4)34-29-16-23(31-18-32-29)20-8-9-22-28(14-20)38-19(3)33-22/h8-9,14-18,21,30H,6-7,10-13H2,1-5H3,(H,31,32,34). The molecular weight excluding hydrogens is 494 g/mol. The van der Waals surface area contributed by atoms with E-state index in [1.807, 2.05) is 20.0 Å². The van der Waals surface area contributed by atoms with Gasteiger partial charge in [0.15, 0.2) is 0 Å². The lowest BCUT2D eigenvalue weighted by Crippen LogP contribution is -2.45. The number of piperidine rings is 1. The molecular formula is C29H37N7OS. The van der Waals surface area contributed by atoms with Gasteiger partial charge in [-0.05, 0) is 51.1 Å². The molecule has 0 radical (unpaired) electrons. The number of benzene rings is 2. The number of aromatic nitrogens is 3. The van der Waals surface area contributed by atoms with Crippen LogP contribution in [0.1, 0.15) is 31.7 Å². The second-order valence-corrected chi connectivity index (χ2v) is 10.8. The van der Waals surface area contributed by atoms with Crippen LogP contribution >= 0.6 is 11.3 Å². The molecule has 3 heterocycles. The van der Waals surface area contributed by atoms with E-state index in [-0.39, 0.29) is 0 Å². The lowest BCUT2D eigenvalue weighted by molar-refractivity contribution is 0.186. The van der Waals surface area contributed by atoms with Crippen molar-refractivity contribution in [3.63, 3.8) is 0 Å². The van der Waals surface area contributed by atoms with E-state index in [0.717, 1.165) is 69.8 Å². The summed E-state index contributed by atoms with van der Waals surface area (Å²) in [5.41, 5.74) is 6.01. The summed E-state index contributed by atoms with van der Waals surface area (Å²) >= 11 is 1.69. The molecule has 5 rings (SSSR count). The normalized spacial score (nSPS) is 14.3. The Morgan fingerprint density at radius 3 is 2.55 bits per heavy atom. The van der Waals surface area contributed by atoms with Gasteiger partial charge in [-0.25, -0.2) is 15.0 Å². The maximum absolute atomic E-state index is 5.83. The minimum absolute atomic E-state index is 0.662. The molecule has 1 fully saturated rings. The van der Waals surface area contributed by atoms with Crippen LogP contribution in [0.5, 0.6) is 5.75 Å². The van der Waals surface area contributed by atoms with Crippen LogP contribution in [0.4, 0.5) is 22.9 Å². The summed E-state index contributed by atoms with van der Waals surface area (Å²) in [4.78, 5) is 18.6. The summed E-state index contributed by atoms with van der Waals surface area (Å²) in [6, 6.07) is 13.1. The minimum atomic E-state index is 0.662. The van der Waals surface area contributed by atoms with Gasteiger partial charge in [0.25, 0.3) is 0 Å². The summed E-state index contributed by atoms with van der Waals surface area (Å²) in [6.07, 6.45) is 3.94. The number of hydrogen-bond donors (Lipinski definition) is 2. The van der Waals surface area contributed by atoms with E-state index in [1.54, 1.807) is 24.8 Å². The first kappa shape index (κ1) is 26.2. The number of fused-ring (bicyclic) bond motifs is 1. The van der Waals surface area contributed by atoms with Crippen LogP contribution in [-0.4, -0.2) is 66.2 Å². The zero-order chi connectivity index (χ0) is 26.6. The molecule has 0 spiro atoms. The monoisotopic (exact) mass is 531 g/mol. The van der Waals surface area contributed by atoms with Gasteiger partial charge in [-0.2, -0.15) is 0 Å². The number of methoxy groups -OCH3 is 1. The highest BCUT2D eigenvalue weighted by Crippen LogP contribution is 2.39. The average molecular weight is 532 g/mol. The molecule has 38 heavy (non-hydrogen) atoms. The van der Waals surface area contributed by atoms with Crippen molar-refractivity contribution in [2.24, 2.45) is 0 Å². The van der Waals surface area contributed by atoms with Gasteiger partial charge in [0, 0.05) is 43.9 Å². The molecule has 0 amide bonds. The van der Waals surface area contributed by atoms with E-state index in [2.05, 4.69) is 79.6 Å². The minimum Gasteiger partial charge on any atom is -0.494 e. The number of thiazole rings is 1. The van der Waals surface area contributed by atoms with E-state index in [9.17, 15) is 0 Å². The molecule has 200 valence electrons. The predicted octanol–water partition coefficient (Wildman–Crippen LogP) is 6.17. The predicted molar refractivity (Wildman–Crippen MR) is 159 cm³/mol. The Morgan fingerprint density at radius 2 is 1.84 bits per heavy atom. The Labute approximate surface area is 229 Å².